The number of rotatable bonds is 2. The number of hydrogen-bond donors (Lipinski definition) is 0. The van der Waals surface area contributed by atoms with Crippen molar-refractivity contribution in [2.75, 3.05) is 6.54 Å². The zero-order valence-corrected chi connectivity index (χ0v) is 13.3. The summed E-state index contributed by atoms with van der Waals surface area (Å²) in [6, 6.07) is 3.82. The van der Waals surface area contributed by atoms with E-state index >= 15 is 0 Å². The molecule has 0 bridgehead atoms. The lowest BCUT2D eigenvalue weighted by Crippen LogP contribution is -2.35. The third kappa shape index (κ3) is 3.00. The molecule has 5 nitrogen and oxygen atoms in total. The second-order valence-corrected chi connectivity index (χ2v) is 5.99. The lowest BCUT2D eigenvalue weighted by Gasteiger charge is -2.28. The van der Waals surface area contributed by atoms with Crippen LogP contribution in [0.1, 0.15) is 22.9 Å². The first kappa shape index (κ1) is 15.4. The molecule has 0 fully saturated rings. The summed E-state index contributed by atoms with van der Waals surface area (Å²) in [4.78, 5) is 6.37. The quantitative estimate of drug-likeness (QED) is 0.757. The molecule has 3 heterocycles. The third-order valence-corrected chi connectivity index (χ3v) is 4.08. The molecule has 0 atom stereocenters. The number of alkyl halides is 3. The predicted molar refractivity (Wildman–Crippen MR) is 75.8 cm³/mol. The fraction of sp³-hybridized carbons (Fsp3) is 0.462. The van der Waals surface area contributed by atoms with Gasteiger partial charge in [-0.15, -0.1) is 10.2 Å². The Kier molecular flexibility index (Phi) is 3.94. The van der Waals surface area contributed by atoms with Gasteiger partial charge in [-0.25, -0.2) is 4.98 Å². The third-order valence-electron chi connectivity index (χ3n) is 3.64. The van der Waals surface area contributed by atoms with Crippen molar-refractivity contribution in [2.24, 2.45) is 0 Å². The number of hydrogen-bond acceptors (Lipinski definition) is 4. The fourth-order valence-electron chi connectivity index (χ4n) is 2.52. The van der Waals surface area contributed by atoms with E-state index in [1.54, 1.807) is 0 Å². The summed E-state index contributed by atoms with van der Waals surface area (Å²) in [6.45, 7) is 3.64. The Morgan fingerprint density at radius 1 is 1.23 bits per heavy atom. The minimum absolute atomic E-state index is 0.236. The van der Waals surface area contributed by atoms with Gasteiger partial charge in [0.05, 0.1) is 6.54 Å². The molecule has 22 heavy (non-hydrogen) atoms. The van der Waals surface area contributed by atoms with Crippen molar-refractivity contribution in [1.82, 2.24) is 24.6 Å². The molecule has 9 heteroatoms. The minimum atomic E-state index is -4.46. The number of aromatic nitrogens is 4. The van der Waals surface area contributed by atoms with Crippen LogP contribution >= 0.6 is 15.9 Å². The summed E-state index contributed by atoms with van der Waals surface area (Å²) < 4.78 is 40.3. The molecular weight excluding hydrogens is 363 g/mol. The smallest absolute Gasteiger partial charge is 0.305 e. The zero-order valence-electron chi connectivity index (χ0n) is 11.7. The molecule has 0 aliphatic carbocycles. The first-order chi connectivity index (χ1) is 10.3. The van der Waals surface area contributed by atoms with E-state index in [0.717, 1.165) is 20.4 Å². The van der Waals surface area contributed by atoms with Gasteiger partial charge in [0.25, 0.3) is 0 Å². The molecule has 118 valence electrons. The van der Waals surface area contributed by atoms with E-state index in [2.05, 4.69) is 31.1 Å². The second-order valence-electron chi connectivity index (χ2n) is 5.18. The predicted octanol–water partition coefficient (Wildman–Crippen LogP) is 2.78. The molecule has 0 unspecified atom stereocenters. The minimum Gasteiger partial charge on any atom is -0.305 e. The standard InChI is InChI=1S/C13H13BrF3N5/c1-8-9(2-3-10(14)18-8)6-21-4-5-22-11(7-21)19-20-12(22)13(15,16)17/h2-3H,4-7H2,1H3. The molecule has 0 aromatic carbocycles. The number of aryl methyl sites for hydroxylation is 1. The first-order valence-corrected chi connectivity index (χ1v) is 7.47. The number of halogens is 4. The van der Waals surface area contributed by atoms with Gasteiger partial charge < -0.3 is 4.57 Å². The molecule has 0 saturated carbocycles. The van der Waals surface area contributed by atoms with Gasteiger partial charge >= 0.3 is 6.18 Å². The van der Waals surface area contributed by atoms with Gasteiger partial charge in [-0.3, -0.25) is 4.90 Å². The van der Waals surface area contributed by atoms with Gasteiger partial charge in [-0.05, 0) is 34.5 Å². The number of pyridine rings is 1. The van der Waals surface area contributed by atoms with Crippen LogP contribution in [0.3, 0.4) is 0 Å². The number of nitrogens with zero attached hydrogens (tertiary/aromatic N) is 5. The highest BCUT2D eigenvalue weighted by Gasteiger charge is 2.39. The van der Waals surface area contributed by atoms with Crippen LogP contribution in [0.25, 0.3) is 0 Å². The van der Waals surface area contributed by atoms with Crippen LogP contribution in [-0.4, -0.2) is 31.2 Å². The maximum Gasteiger partial charge on any atom is 0.451 e. The van der Waals surface area contributed by atoms with Crippen LogP contribution in [0.4, 0.5) is 13.2 Å². The van der Waals surface area contributed by atoms with Gasteiger partial charge in [0.1, 0.15) is 10.4 Å². The highest BCUT2D eigenvalue weighted by Crippen LogP contribution is 2.29. The van der Waals surface area contributed by atoms with Crippen molar-refractivity contribution in [3.05, 3.63) is 39.6 Å². The Hall–Kier alpha value is -1.48. The monoisotopic (exact) mass is 375 g/mol. The Labute approximate surface area is 133 Å². The van der Waals surface area contributed by atoms with Crippen molar-refractivity contribution in [2.45, 2.75) is 32.7 Å². The zero-order chi connectivity index (χ0) is 15.9. The van der Waals surface area contributed by atoms with Crippen molar-refractivity contribution in [3.8, 4) is 0 Å². The highest BCUT2D eigenvalue weighted by molar-refractivity contribution is 9.10. The second kappa shape index (κ2) is 5.62. The molecule has 0 amide bonds. The summed E-state index contributed by atoms with van der Waals surface area (Å²) in [7, 11) is 0. The Morgan fingerprint density at radius 3 is 2.68 bits per heavy atom. The molecule has 1 aliphatic heterocycles. The Balaban J connectivity index is 1.76. The summed E-state index contributed by atoms with van der Waals surface area (Å²) in [6.07, 6.45) is -4.46. The van der Waals surface area contributed by atoms with Crippen molar-refractivity contribution < 1.29 is 13.2 Å². The van der Waals surface area contributed by atoms with E-state index in [1.807, 2.05) is 24.0 Å². The van der Waals surface area contributed by atoms with E-state index < -0.39 is 12.0 Å². The van der Waals surface area contributed by atoms with Gasteiger partial charge in [-0.2, -0.15) is 13.2 Å². The SMILES string of the molecule is Cc1nc(Br)ccc1CN1CCn2c(nnc2C(F)(F)F)C1. The lowest BCUT2D eigenvalue weighted by molar-refractivity contribution is -0.148. The molecule has 0 N–H and O–H groups in total. The first-order valence-electron chi connectivity index (χ1n) is 6.68. The van der Waals surface area contributed by atoms with Gasteiger partial charge in [0.15, 0.2) is 0 Å². The van der Waals surface area contributed by atoms with Crippen molar-refractivity contribution in [3.63, 3.8) is 0 Å². The maximum atomic E-state index is 12.8. The van der Waals surface area contributed by atoms with E-state index in [9.17, 15) is 13.2 Å². The topological polar surface area (TPSA) is 46.8 Å². The van der Waals surface area contributed by atoms with E-state index in [0.29, 0.717) is 25.5 Å². The summed E-state index contributed by atoms with van der Waals surface area (Å²) >= 11 is 3.31. The lowest BCUT2D eigenvalue weighted by atomic mass is 10.2. The summed E-state index contributed by atoms with van der Waals surface area (Å²) in [5.41, 5.74) is 1.95. The Bertz CT molecular complexity index is 697. The molecule has 1 aliphatic rings. The average molecular weight is 376 g/mol. The van der Waals surface area contributed by atoms with Crippen LogP contribution in [0.15, 0.2) is 16.7 Å². The number of fused-ring (bicyclic) bond motifs is 1. The molecule has 0 saturated heterocycles. The van der Waals surface area contributed by atoms with Crippen molar-refractivity contribution in [1.29, 1.82) is 0 Å². The normalized spacial score (nSPS) is 15.9. The van der Waals surface area contributed by atoms with E-state index in [1.165, 1.54) is 0 Å². The molecule has 2 aromatic heterocycles. The maximum absolute atomic E-state index is 12.8. The highest BCUT2D eigenvalue weighted by atomic mass is 79.9. The van der Waals surface area contributed by atoms with Crippen LogP contribution in [0.5, 0.6) is 0 Å². The summed E-state index contributed by atoms with van der Waals surface area (Å²) in [5, 5.41) is 6.96. The largest absolute Gasteiger partial charge is 0.451 e. The van der Waals surface area contributed by atoms with Crippen LogP contribution in [0, 0.1) is 6.92 Å². The molecular formula is C13H13BrF3N5. The molecule has 0 spiro atoms. The molecule has 3 rings (SSSR count). The van der Waals surface area contributed by atoms with E-state index in [-0.39, 0.29) is 6.54 Å². The molecule has 2 aromatic rings. The van der Waals surface area contributed by atoms with Gasteiger partial charge in [0, 0.05) is 25.3 Å². The van der Waals surface area contributed by atoms with Crippen LogP contribution in [-0.2, 0) is 25.8 Å². The Morgan fingerprint density at radius 2 is 2.00 bits per heavy atom. The van der Waals surface area contributed by atoms with E-state index in [4.69, 9.17) is 0 Å². The van der Waals surface area contributed by atoms with Crippen LogP contribution < -0.4 is 0 Å². The van der Waals surface area contributed by atoms with Gasteiger partial charge in [0.2, 0.25) is 5.82 Å². The van der Waals surface area contributed by atoms with Crippen LogP contribution in [0.2, 0.25) is 0 Å². The molecule has 0 radical (unpaired) electrons. The fourth-order valence-corrected chi connectivity index (χ4v) is 2.92. The van der Waals surface area contributed by atoms with Crippen molar-refractivity contribution >= 4 is 15.9 Å². The average Bonchev–Trinajstić information content (AvgIpc) is 2.85. The summed E-state index contributed by atoms with van der Waals surface area (Å²) in [5.74, 6) is -0.565. The van der Waals surface area contributed by atoms with Gasteiger partial charge in [-0.1, -0.05) is 6.07 Å².